The Morgan fingerprint density at radius 3 is 2.67 bits per heavy atom. The zero-order valence-corrected chi connectivity index (χ0v) is 14.0. The van der Waals surface area contributed by atoms with Crippen molar-refractivity contribution in [2.75, 3.05) is 11.1 Å². The van der Waals surface area contributed by atoms with Gasteiger partial charge >= 0.3 is 0 Å². The maximum atomic E-state index is 12.2. The third kappa shape index (κ3) is 2.59. The fourth-order valence-electron chi connectivity index (χ4n) is 2.94. The van der Waals surface area contributed by atoms with E-state index in [4.69, 9.17) is 0 Å². The minimum atomic E-state index is -0.00473. The molecule has 2 aromatic heterocycles. The summed E-state index contributed by atoms with van der Waals surface area (Å²) in [7, 11) is 0. The lowest BCUT2D eigenvalue weighted by atomic mass is 10.1. The molecule has 0 saturated heterocycles. The molecule has 1 atom stereocenters. The molecule has 0 spiro atoms. The van der Waals surface area contributed by atoms with E-state index in [2.05, 4.69) is 15.4 Å². The largest absolute Gasteiger partial charge is 0.310 e. The van der Waals surface area contributed by atoms with Crippen LogP contribution in [-0.2, 0) is 4.79 Å². The molecule has 0 aliphatic carbocycles. The van der Waals surface area contributed by atoms with Crippen LogP contribution in [0.5, 0.6) is 0 Å². The van der Waals surface area contributed by atoms with Gasteiger partial charge in [-0.15, -0.1) is 11.8 Å². The van der Waals surface area contributed by atoms with Crippen LogP contribution >= 0.6 is 11.8 Å². The number of carbonyl (C=O) groups excluding carboxylic acids is 1. The predicted octanol–water partition coefficient (Wildman–Crippen LogP) is 3.35. The Labute approximate surface area is 144 Å². The molecule has 1 aliphatic rings. The van der Waals surface area contributed by atoms with E-state index >= 15 is 0 Å². The molecule has 1 aromatic carbocycles. The van der Waals surface area contributed by atoms with E-state index in [0.717, 1.165) is 28.3 Å². The molecule has 3 heterocycles. The summed E-state index contributed by atoms with van der Waals surface area (Å²) in [6.07, 6.45) is 3.57. The number of carbonyl (C=O) groups is 1. The van der Waals surface area contributed by atoms with Gasteiger partial charge in [-0.05, 0) is 36.8 Å². The average molecular weight is 336 g/mol. The molecule has 1 N–H and O–H groups in total. The Hall–Kier alpha value is -2.60. The lowest BCUT2D eigenvalue weighted by Crippen LogP contribution is -2.15. The second-order valence-corrected chi connectivity index (χ2v) is 6.71. The van der Waals surface area contributed by atoms with E-state index in [1.807, 2.05) is 54.1 Å². The van der Waals surface area contributed by atoms with Gasteiger partial charge in [0, 0.05) is 18.0 Å². The number of aryl methyl sites for hydroxylation is 1. The first kappa shape index (κ1) is 15.0. The first-order valence-electron chi connectivity index (χ1n) is 7.70. The molecule has 0 radical (unpaired) electrons. The minimum Gasteiger partial charge on any atom is -0.310 e. The monoisotopic (exact) mass is 336 g/mol. The number of hydrogen-bond acceptors (Lipinski definition) is 4. The van der Waals surface area contributed by atoms with Crippen LogP contribution in [0.25, 0.3) is 5.69 Å². The lowest BCUT2D eigenvalue weighted by molar-refractivity contribution is -0.113. The van der Waals surface area contributed by atoms with Crippen molar-refractivity contribution in [1.29, 1.82) is 0 Å². The summed E-state index contributed by atoms with van der Waals surface area (Å²) in [5.41, 5.74) is 4.04. The van der Waals surface area contributed by atoms with Crippen molar-refractivity contribution in [3.8, 4) is 5.69 Å². The maximum absolute atomic E-state index is 12.2. The van der Waals surface area contributed by atoms with Crippen LogP contribution in [0.3, 0.4) is 0 Å². The number of fused-ring (bicyclic) bond motifs is 1. The molecule has 0 saturated carbocycles. The zero-order chi connectivity index (χ0) is 16.5. The molecular weight excluding hydrogens is 320 g/mol. The lowest BCUT2D eigenvalue weighted by Gasteiger charge is -2.15. The summed E-state index contributed by atoms with van der Waals surface area (Å²) in [6.45, 7) is 1.99. The van der Waals surface area contributed by atoms with E-state index < -0.39 is 0 Å². The molecule has 1 amide bonds. The number of hydrogen-bond donors (Lipinski definition) is 1. The van der Waals surface area contributed by atoms with Crippen molar-refractivity contribution in [3.05, 3.63) is 71.7 Å². The number of aromatic nitrogens is 3. The van der Waals surface area contributed by atoms with E-state index in [1.165, 1.54) is 0 Å². The number of thioether (sulfide) groups is 1. The molecule has 0 unspecified atom stereocenters. The number of nitrogens with one attached hydrogen (secondary N) is 1. The predicted molar refractivity (Wildman–Crippen MR) is 95.5 cm³/mol. The Kier molecular flexibility index (Phi) is 3.82. The topological polar surface area (TPSA) is 59.8 Å². The van der Waals surface area contributed by atoms with Crippen molar-refractivity contribution in [2.24, 2.45) is 0 Å². The van der Waals surface area contributed by atoms with Crippen LogP contribution < -0.4 is 5.32 Å². The molecule has 1 aliphatic heterocycles. The number of rotatable bonds is 2. The molecule has 4 rings (SSSR count). The highest BCUT2D eigenvalue weighted by atomic mass is 32.2. The van der Waals surface area contributed by atoms with Gasteiger partial charge < -0.3 is 5.32 Å². The van der Waals surface area contributed by atoms with Gasteiger partial charge in [-0.25, -0.2) is 4.68 Å². The Morgan fingerprint density at radius 1 is 1.17 bits per heavy atom. The van der Waals surface area contributed by atoms with Crippen LogP contribution in [0.1, 0.15) is 22.1 Å². The van der Waals surface area contributed by atoms with E-state index in [1.54, 1.807) is 24.2 Å². The molecule has 3 aromatic rings. The molecule has 0 bridgehead atoms. The Morgan fingerprint density at radius 2 is 1.92 bits per heavy atom. The number of amides is 1. The number of para-hydroxylation sites is 1. The van der Waals surface area contributed by atoms with Gasteiger partial charge in [0.1, 0.15) is 5.82 Å². The zero-order valence-electron chi connectivity index (χ0n) is 13.1. The number of nitrogens with zero attached hydrogens (tertiary/aromatic N) is 3. The van der Waals surface area contributed by atoms with Crippen molar-refractivity contribution < 1.29 is 4.79 Å². The summed E-state index contributed by atoms with van der Waals surface area (Å²) in [4.78, 5) is 16.3. The van der Waals surface area contributed by atoms with E-state index in [-0.39, 0.29) is 11.2 Å². The maximum Gasteiger partial charge on any atom is 0.235 e. The molecular formula is C18H16N4OS. The van der Waals surface area contributed by atoms with Crippen molar-refractivity contribution in [2.45, 2.75) is 12.2 Å². The van der Waals surface area contributed by atoms with Gasteiger partial charge in [0.25, 0.3) is 0 Å². The van der Waals surface area contributed by atoms with Gasteiger partial charge in [-0.2, -0.15) is 5.10 Å². The highest BCUT2D eigenvalue weighted by molar-refractivity contribution is 8.00. The summed E-state index contributed by atoms with van der Waals surface area (Å²) >= 11 is 1.62. The molecule has 24 heavy (non-hydrogen) atoms. The van der Waals surface area contributed by atoms with Gasteiger partial charge in [-0.3, -0.25) is 9.78 Å². The number of pyridine rings is 1. The smallest absolute Gasteiger partial charge is 0.235 e. The second kappa shape index (κ2) is 6.13. The van der Waals surface area contributed by atoms with E-state index in [9.17, 15) is 4.79 Å². The summed E-state index contributed by atoms with van der Waals surface area (Å²) in [6, 6.07) is 13.9. The van der Waals surface area contributed by atoms with Crippen LogP contribution in [-0.4, -0.2) is 26.4 Å². The normalized spacial score (nSPS) is 17.0. The van der Waals surface area contributed by atoms with Gasteiger partial charge in [0.05, 0.1) is 22.4 Å². The first-order valence-corrected chi connectivity index (χ1v) is 8.75. The Balaban J connectivity index is 1.90. The number of benzene rings is 1. The van der Waals surface area contributed by atoms with Gasteiger partial charge in [0.15, 0.2) is 0 Å². The van der Waals surface area contributed by atoms with E-state index in [0.29, 0.717) is 5.75 Å². The third-order valence-electron chi connectivity index (χ3n) is 4.02. The fourth-order valence-corrected chi connectivity index (χ4v) is 4.13. The van der Waals surface area contributed by atoms with Crippen molar-refractivity contribution in [3.63, 3.8) is 0 Å². The first-order chi connectivity index (χ1) is 11.7. The summed E-state index contributed by atoms with van der Waals surface area (Å²) < 4.78 is 1.82. The molecule has 0 fully saturated rings. The fraction of sp³-hybridized carbons (Fsp3) is 0.167. The van der Waals surface area contributed by atoms with Crippen LogP contribution in [0.4, 0.5) is 5.82 Å². The van der Waals surface area contributed by atoms with Crippen molar-refractivity contribution in [1.82, 2.24) is 14.8 Å². The summed E-state index contributed by atoms with van der Waals surface area (Å²) in [5, 5.41) is 7.78. The minimum absolute atomic E-state index is 0.00473. The van der Waals surface area contributed by atoms with Crippen molar-refractivity contribution >= 4 is 23.5 Å². The quantitative estimate of drug-likeness (QED) is 0.780. The highest BCUT2D eigenvalue weighted by Gasteiger charge is 2.30. The van der Waals surface area contributed by atoms with Crippen LogP contribution in [0, 0.1) is 6.92 Å². The number of anilines is 1. The third-order valence-corrected chi connectivity index (χ3v) is 5.29. The molecule has 120 valence electrons. The van der Waals surface area contributed by atoms with Crippen LogP contribution in [0.2, 0.25) is 0 Å². The molecule has 6 heteroatoms. The van der Waals surface area contributed by atoms with Gasteiger partial charge in [-0.1, -0.05) is 18.2 Å². The second-order valence-electron chi connectivity index (χ2n) is 5.61. The highest BCUT2D eigenvalue weighted by Crippen LogP contribution is 2.43. The average Bonchev–Trinajstić information content (AvgIpc) is 2.83. The Bertz CT molecular complexity index is 877. The standard InChI is InChI=1S/C18H16N4OS/c1-12-16-17(13-7-9-19-10-8-13)24-11-15(23)20-18(16)22(21-12)14-5-3-2-4-6-14/h2-10,17H,11H2,1H3,(H,20,23)/t17-/m1/s1. The summed E-state index contributed by atoms with van der Waals surface area (Å²) in [5.74, 6) is 1.17. The van der Waals surface area contributed by atoms with Crippen LogP contribution in [0.15, 0.2) is 54.9 Å². The molecule has 5 nitrogen and oxygen atoms in total. The SMILES string of the molecule is Cc1nn(-c2ccccc2)c2c1[C@@H](c1ccncc1)SCC(=O)N2. The van der Waals surface area contributed by atoms with Gasteiger partial charge in [0.2, 0.25) is 5.91 Å².